The van der Waals surface area contributed by atoms with Crippen molar-refractivity contribution in [2.45, 2.75) is 6.54 Å². The van der Waals surface area contributed by atoms with Crippen LogP contribution >= 0.6 is 11.3 Å². The summed E-state index contributed by atoms with van der Waals surface area (Å²) in [5, 5.41) is 6.79. The highest BCUT2D eigenvalue weighted by Gasteiger charge is 2.09. The minimum atomic E-state index is -0.518. The molecule has 0 radical (unpaired) electrons. The summed E-state index contributed by atoms with van der Waals surface area (Å²) in [5.41, 5.74) is 6.48. The molecule has 1 aromatic carbocycles. The van der Waals surface area contributed by atoms with Crippen LogP contribution in [0.5, 0.6) is 0 Å². The van der Waals surface area contributed by atoms with Crippen LogP contribution in [-0.2, 0) is 6.54 Å². The van der Waals surface area contributed by atoms with Gasteiger partial charge in [0.2, 0.25) is 0 Å². The first-order valence-corrected chi connectivity index (χ1v) is 6.50. The number of nitrogen functional groups attached to an aromatic ring is 1. The van der Waals surface area contributed by atoms with Crippen molar-refractivity contribution in [2.75, 3.05) is 5.73 Å². The number of imide groups is 1. The number of thiophene rings is 1. The second-order valence-corrected chi connectivity index (χ2v) is 4.87. The van der Waals surface area contributed by atoms with E-state index in [1.165, 1.54) is 0 Å². The summed E-state index contributed by atoms with van der Waals surface area (Å²) in [7, 11) is 0. The first-order chi connectivity index (χ1) is 9.15. The third-order valence-electron chi connectivity index (χ3n) is 2.40. The lowest BCUT2D eigenvalue weighted by molar-refractivity contribution is 0.0964. The first-order valence-electron chi connectivity index (χ1n) is 5.62. The van der Waals surface area contributed by atoms with E-state index in [4.69, 9.17) is 5.73 Å². The van der Waals surface area contributed by atoms with Crippen LogP contribution in [0, 0.1) is 0 Å². The van der Waals surface area contributed by atoms with Gasteiger partial charge in [-0.2, -0.15) is 0 Å². The number of hydrogen-bond acceptors (Lipinski definition) is 4. The molecule has 3 amide bonds. The highest BCUT2D eigenvalue weighted by molar-refractivity contribution is 7.09. The number of hydrogen-bond donors (Lipinski definition) is 3. The Labute approximate surface area is 114 Å². The molecule has 0 aliphatic heterocycles. The number of carbonyl (C=O) groups is 2. The van der Waals surface area contributed by atoms with Gasteiger partial charge in [-0.3, -0.25) is 10.1 Å². The van der Waals surface area contributed by atoms with Gasteiger partial charge >= 0.3 is 6.03 Å². The Morgan fingerprint density at radius 3 is 2.53 bits per heavy atom. The average molecular weight is 275 g/mol. The molecule has 0 saturated heterocycles. The molecule has 4 N–H and O–H groups in total. The summed E-state index contributed by atoms with van der Waals surface area (Å²) in [6.07, 6.45) is 0. The molecule has 0 bridgehead atoms. The predicted octanol–water partition coefficient (Wildman–Crippen LogP) is 1.97. The monoisotopic (exact) mass is 275 g/mol. The van der Waals surface area contributed by atoms with Crippen LogP contribution in [0.2, 0.25) is 0 Å². The van der Waals surface area contributed by atoms with Crippen LogP contribution in [-0.4, -0.2) is 11.9 Å². The fourth-order valence-electron chi connectivity index (χ4n) is 1.43. The Hall–Kier alpha value is -2.34. The molecule has 0 fully saturated rings. The maximum absolute atomic E-state index is 11.7. The number of benzene rings is 1. The van der Waals surface area contributed by atoms with Crippen molar-refractivity contribution in [2.24, 2.45) is 0 Å². The Bertz CT molecular complexity index is 564. The summed E-state index contributed by atoms with van der Waals surface area (Å²) >= 11 is 1.54. The largest absolute Gasteiger partial charge is 0.399 e. The van der Waals surface area contributed by atoms with Crippen LogP contribution in [0.25, 0.3) is 0 Å². The molecule has 6 heteroatoms. The van der Waals surface area contributed by atoms with E-state index in [0.29, 0.717) is 17.8 Å². The molecule has 19 heavy (non-hydrogen) atoms. The van der Waals surface area contributed by atoms with E-state index >= 15 is 0 Å². The van der Waals surface area contributed by atoms with Crippen molar-refractivity contribution >= 4 is 29.0 Å². The fourth-order valence-corrected chi connectivity index (χ4v) is 2.08. The number of rotatable bonds is 3. The van der Waals surface area contributed by atoms with Crippen molar-refractivity contribution in [3.05, 3.63) is 52.2 Å². The van der Waals surface area contributed by atoms with E-state index in [0.717, 1.165) is 4.88 Å². The topological polar surface area (TPSA) is 84.2 Å². The molecule has 1 heterocycles. The van der Waals surface area contributed by atoms with Gasteiger partial charge in [-0.15, -0.1) is 11.3 Å². The van der Waals surface area contributed by atoms with E-state index in [-0.39, 0.29) is 0 Å². The van der Waals surface area contributed by atoms with Gasteiger partial charge in [-0.25, -0.2) is 4.79 Å². The molecular formula is C13H13N3O2S. The van der Waals surface area contributed by atoms with Crippen molar-refractivity contribution in [3.8, 4) is 0 Å². The third-order valence-corrected chi connectivity index (χ3v) is 3.28. The Morgan fingerprint density at radius 1 is 1.16 bits per heavy atom. The average Bonchev–Trinajstić information content (AvgIpc) is 2.90. The number of nitrogens with one attached hydrogen (secondary N) is 2. The smallest absolute Gasteiger partial charge is 0.322 e. The highest BCUT2D eigenvalue weighted by atomic mass is 32.1. The fraction of sp³-hybridized carbons (Fsp3) is 0.0769. The van der Waals surface area contributed by atoms with Gasteiger partial charge in [0, 0.05) is 16.1 Å². The highest BCUT2D eigenvalue weighted by Crippen LogP contribution is 2.07. The number of nitrogens with two attached hydrogens (primary N) is 1. The lowest BCUT2D eigenvalue weighted by atomic mass is 10.2. The summed E-state index contributed by atoms with van der Waals surface area (Å²) in [4.78, 5) is 24.3. The summed E-state index contributed by atoms with van der Waals surface area (Å²) in [5.74, 6) is -0.455. The molecule has 2 aromatic rings. The predicted molar refractivity (Wildman–Crippen MR) is 74.9 cm³/mol. The van der Waals surface area contributed by atoms with Gasteiger partial charge in [-0.1, -0.05) is 6.07 Å². The van der Waals surface area contributed by atoms with Crippen molar-refractivity contribution in [1.29, 1.82) is 0 Å². The van der Waals surface area contributed by atoms with Gasteiger partial charge in [0.25, 0.3) is 5.91 Å². The van der Waals surface area contributed by atoms with Gasteiger partial charge < -0.3 is 11.1 Å². The number of carbonyl (C=O) groups excluding carboxylic acids is 2. The van der Waals surface area contributed by atoms with Crippen molar-refractivity contribution in [3.63, 3.8) is 0 Å². The SMILES string of the molecule is Nc1ccc(C(=O)NC(=O)NCc2cccs2)cc1. The molecular weight excluding hydrogens is 262 g/mol. The van der Waals surface area contributed by atoms with E-state index in [1.807, 2.05) is 17.5 Å². The molecule has 0 saturated carbocycles. The molecule has 0 spiro atoms. The zero-order valence-electron chi connectivity index (χ0n) is 10.1. The second kappa shape index (κ2) is 6.01. The minimum absolute atomic E-state index is 0.389. The summed E-state index contributed by atoms with van der Waals surface area (Å²) in [6.45, 7) is 0.401. The molecule has 0 atom stereocenters. The minimum Gasteiger partial charge on any atom is -0.399 e. The standard InChI is InChI=1S/C13H13N3O2S/c14-10-5-3-9(4-6-10)12(17)16-13(18)15-8-11-2-1-7-19-11/h1-7H,8,14H2,(H2,15,16,17,18). The quantitative estimate of drug-likeness (QED) is 0.749. The van der Waals surface area contributed by atoms with Crippen molar-refractivity contribution < 1.29 is 9.59 Å². The Kier molecular flexibility index (Phi) is 4.15. The Balaban J connectivity index is 1.85. The lowest BCUT2D eigenvalue weighted by Gasteiger charge is -2.05. The second-order valence-electron chi connectivity index (χ2n) is 3.84. The number of urea groups is 1. The molecule has 1 aromatic heterocycles. The van der Waals surface area contributed by atoms with Crippen LogP contribution in [0.15, 0.2) is 41.8 Å². The molecule has 2 rings (SSSR count). The zero-order chi connectivity index (χ0) is 13.7. The third kappa shape index (κ3) is 3.82. The molecule has 0 aliphatic rings. The van der Waals surface area contributed by atoms with Gasteiger partial charge in [0.05, 0.1) is 6.54 Å². The van der Waals surface area contributed by atoms with E-state index in [2.05, 4.69) is 10.6 Å². The molecule has 0 unspecified atom stereocenters. The Morgan fingerprint density at radius 2 is 1.89 bits per heavy atom. The lowest BCUT2D eigenvalue weighted by Crippen LogP contribution is -2.38. The van der Waals surface area contributed by atoms with Crippen LogP contribution < -0.4 is 16.4 Å². The normalized spacial score (nSPS) is 9.89. The van der Waals surface area contributed by atoms with Crippen LogP contribution in [0.3, 0.4) is 0 Å². The maximum Gasteiger partial charge on any atom is 0.322 e. The van der Waals surface area contributed by atoms with E-state index in [1.54, 1.807) is 35.6 Å². The van der Waals surface area contributed by atoms with Crippen LogP contribution in [0.1, 0.15) is 15.2 Å². The maximum atomic E-state index is 11.7. The first kappa shape index (κ1) is 13.1. The van der Waals surface area contributed by atoms with Crippen LogP contribution in [0.4, 0.5) is 10.5 Å². The van der Waals surface area contributed by atoms with Gasteiger partial charge in [-0.05, 0) is 35.7 Å². The van der Waals surface area contributed by atoms with E-state index < -0.39 is 11.9 Å². The van der Waals surface area contributed by atoms with Crippen molar-refractivity contribution in [1.82, 2.24) is 10.6 Å². The molecule has 0 aliphatic carbocycles. The summed E-state index contributed by atoms with van der Waals surface area (Å²) < 4.78 is 0. The zero-order valence-corrected chi connectivity index (χ0v) is 10.9. The van der Waals surface area contributed by atoms with Gasteiger partial charge in [0.15, 0.2) is 0 Å². The molecule has 98 valence electrons. The van der Waals surface area contributed by atoms with E-state index in [9.17, 15) is 9.59 Å². The number of amides is 3. The molecule has 5 nitrogen and oxygen atoms in total. The summed E-state index contributed by atoms with van der Waals surface area (Å²) in [6, 6.07) is 9.65. The number of anilines is 1. The van der Waals surface area contributed by atoms with Gasteiger partial charge in [0.1, 0.15) is 0 Å².